The maximum absolute atomic E-state index is 2.76. The molecule has 0 nitrogen and oxygen atoms in total. The number of fused-ring (bicyclic) bond motifs is 8. The molecule has 0 bridgehead atoms. The van der Waals surface area contributed by atoms with Crippen molar-refractivity contribution >= 4 is 10.8 Å². The van der Waals surface area contributed by atoms with Crippen molar-refractivity contribution in [2.24, 2.45) is 52.3 Å². The third-order valence-electron chi connectivity index (χ3n) is 12.8. The molecule has 0 amide bonds. The van der Waals surface area contributed by atoms with Gasteiger partial charge in [0.25, 0.3) is 0 Å². The second-order valence-corrected chi connectivity index (χ2v) is 14.9. The zero-order valence-electron chi connectivity index (χ0n) is 24.2. The van der Waals surface area contributed by atoms with Crippen LogP contribution in [0.3, 0.4) is 0 Å². The van der Waals surface area contributed by atoms with Crippen molar-refractivity contribution in [3.63, 3.8) is 0 Å². The molecule has 4 aliphatic rings. The van der Waals surface area contributed by atoms with Crippen LogP contribution in [0.15, 0.2) is 30.3 Å². The summed E-state index contributed by atoms with van der Waals surface area (Å²) in [5.74, 6) is 6.55. The number of aryl methyl sites for hydroxylation is 1. The highest BCUT2D eigenvalue weighted by atomic mass is 14.6. The summed E-state index contributed by atoms with van der Waals surface area (Å²) in [6, 6.07) is 11.7. The van der Waals surface area contributed by atoms with Gasteiger partial charge < -0.3 is 0 Å². The lowest BCUT2D eigenvalue weighted by Gasteiger charge is -2.61. The number of rotatable bonds is 5. The molecule has 0 aromatic heterocycles. The molecule has 36 heavy (non-hydrogen) atoms. The van der Waals surface area contributed by atoms with Crippen molar-refractivity contribution in [3.8, 4) is 0 Å². The second-order valence-electron chi connectivity index (χ2n) is 14.9. The van der Waals surface area contributed by atoms with Crippen LogP contribution in [-0.2, 0) is 12.8 Å². The Morgan fingerprint density at radius 3 is 2.44 bits per heavy atom. The van der Waals surface area contributed by atoms with Gasteiger partial charge in [-0.3, -0.25) is 0 Å². The molecule has 8 atom stereocenters. The molecule has 0 radical (unpaired) electrons. The molecule has 3 fully saturated rings. The average Bonchev–Trinajstić information content (AvgIpc) is 3.20. The number of hydrogen-bond acceptors (Lipinski definition) is 0. The molecule has 3 saturated carbocycles. The van der Waals surface area contributed by atoms with Crippen molar-refractivity contribution in [3.05, 3.63) is 47.0 Å². The average molecular weight is 485 g/mol. The molecular weight excluding hydrogens is 432 g/mol. The fourth-order valence-electron chi connectivity index (χ4n) is 10.9. The van der Waals surface area contributed by atoms with Crippen molar-refractivity contribution < 1.29 is 0 Å². The molecule has 6 rings (SSSR count). The van der Waals surface area contributed by atoms with E-state index in [-0.39, 0.29) is 0 Å². The van der Waals surface area contributed by atoms with Crippen LogP contribution in [0.4, 0.5) is 0 Å². The van der Waals surface area contributed by atoms with Gasteiger partial charge in [-0.1, -0.05) is 84.2 Å². The minimum absolute atomic E-state index is 0.495. The van der Waals surface area contributed by atoms with Crippen LogP contribution >= 0.6 is 0 Å². The molecule has 0 saturated heterocycles. The van der Waals surface area contributed by atoms with Crippen molar-refractivity contribution in [1.82, 2.24) is 0 Å². The third kappa shape index (κ3) is 3.82. The van der Waals surface area contributed by atoms with Crippen LogP contribution < -0.4 is 0 Å². The number of benzene rings is 2. The van der Waals surface area contributed by atoms with Crippen molar-refractivity contribution in [2.75, 3.05) is 0 Å². The van der Waals surface area contributed by atoms with Gasteiger partial charge in [0.1, 0.15) is 0 Å². The summed E-state index contributed by atoms with van der Waals surface area (Å²) in [4.78, 5) is 0. The van der Waals surface area contributed by atoms with Crippen LogP contribution in [0, 0.1) is 59.2 Å². The highest BCUT2D eigenvalue weighted by Crippen LogP contribution is 2.68. The second kappa shape index (κ2) is 9.17. The summed E-state index contributed by atoms with van der Waals surface area (Å²) in [5, 5.41) is 3.01. The first-order chi connectivity index (χ1) is 17.2. The highest BCUT2D eigenvalue weighted by Gasteiger charge is 2.60. The summed E-state index contributed by atoms with van der Waals surface area (Å²) in [7, 11) is 0. The Balaban J connectivity index is 1.27. The Hall–Kier alpha value is -1.30. The molecule has 0 spiro atoms. The Kier molecular flexibility index (Phi) is 6.37. The van der Waals surface area contributed by atoms with Gasteiger partial charge in [0, 0.05) is 0 Å². The molecule has 0 heterocycles. The predicted octanol–water partition coefficient (Wildman–Crippen LogP) is 10.2. The topological polar surface area (TPSA) is 0 Å². The monoisotopic (exact) mass is 484 g/mol. The molecule has 0 aliphatic heterocycles. The van der Waals surface area contributed by atoms with E-state index in [1.807, 2.05) is 0 Å². The first-order valence-electron chi connectivity index (χ1n) is 15.7. The van der Waals surface area contributed by atoms with Crippen LogP contribution in [0.1, 0.15) is 109 Å². The van der Waals surface area contributed by atoms with Gasteiger partial charge in [0.2, 0.25) is 0 Å². The van der Waals surface area contributed by atoms with E-state index < -0.39 is 0 Å². The molecule has 0 heteroatoms. The number of hydrogen-bond donors (Lipinski definition) is 0. The van der Waals surface area contributed by atoms with Gasteiger partial charge in [-0.25, -0.2) is 0 Å². The van der Waals surface area contributed by atoms with E-state index in [2.05, 4.69) is 71.9 Å². The largest absolute Gasteiger partial charge is 0.0628 e. The first kappa shape index (κ1) is 25.0. The zero-order chi connectivity index (χ0) is 25.2. The Morgan fingerprint density at radius 1 is 0.861 bits per heavy atom. The molecule has 2 aromatic carbocycles. The molecular formula is C36H52. The van der Waals surface area contributed by atoms with Crippen molar-refractivity contribution in [2.45, 2.75) is 112 Å². The lowest BCUT2D eigenvalue weighted by molar-refractivity contribution is -0.103. The van der Waals surface area contributed by atoms with E-state index in [0.717, 1.165) is 41.4 Å². The van der Waals surface area contributed by atoms with E-state index in [4.69, 9.17) is 0 Å². The maximum Gasteiger partial charge on any atom is -0.0149 e. The molecule has 196 valence electrons. The van der Waals surface area contributed by atoms with Crippen LogP contribution in [0.25, 0.3) is 10.8 Å². The van der Waals surface area contributed by atoms with Crippen LogP contribution in [-0.4, -0.2) is 0 Å². The molecule has 2 aromatic rings. The smallest absolute Gasteiger partial charge is 0.0149 e. The van der Waals surface area contributed by atoms with E-state index in [0.29, 0.717) is 10.8 Å². The molecule has 8 unspecified atom stereocenters. The standard InChI is InChI=1S/C36H52/c1-23(2)10-9-11-24(3)32-16-17-33-29-15-14-27-21-30-25(4)20-26-12-7-8-13-28(26)31(30)22-36(27,6)34(29)18-19-35(32,33)5/h7-8,12-13,20,23-24,27,29,32-34H,9-11,14-19,21-22H2,1-6H3. The quantitative estimate of drug-likeness (QED) is 0.396. The van der Waals surface area contributed by atoms with Crippen molar-refractivity contribution in [1.29, 1.82) is 0 Å². The summed E-state index contributed by atoms with van der Waals surface area (Å²) in [6.07, 6.45) is 16.0. The molecule has 0 N–H and O–H groups in total. The Labute approximate surface area is 222 Å². The lowest BCUT2D eigenvalue weighted by atomic mass is 9.44. The summed E-state index contributed by atoms with van der Waals surface area (Å²) < 4.78 is 0. The van der Waals surface area contributed by atoms with E-state index in [1.54, 1.807) is 22.1 Å². The Morgan fingerprint density at radius 2 is 1.64 bits per heavy atom. The van der Waals surface area contributed by atoms with Gasteiger partial charge in [-0.15, -0.1) is 0 Å². The summed E-state index contributed by atoms with van der Waals surface area (Å²) in [5.41, 5.74) is 6.09. The minimum atomic E-state index is 0.495. The Bertz CT molecular complexity index is 1110. The van der Waals surface area contributed by atoms with Crippen LogP contribution in [0.5, 0.6) is 0 Å². The van der Waals surface area contributed by atoms with Gasteiger partial charge in [-0.2, -0.15) is 0 Å². The highest BCUT2D eigenvalue weighted by molar-refractivity contribution is 5.88. The third-order valence-corrected chi connectivity index (χ3v) is 12.8. The normalized spacial score (nSPS) is 38.4. The van der Waals surface area contributed by atoms with Gasteiger partial charge in [0.05, 0.1) is 0 Å². The van der Waals surface area contributed by atoms with Gasteiger partial charge in [0.15, 0.2) is 0 Å². The van der Waals surface area contributed by atoms with E-state index >= 15 is 0 Å². The fourth-order valence-corrected chi connectivity index (χ4v) is 10.9. The maximum atomic E-state index is 2.76. The predicted molar refractivity (Wildman–Crippen MR) is 155 cm³/mol. The van der Waals surface area contributed by atoms with E-state index in [9.17, 15) is 0 Å². The first-order valence-corrected chi connectivity index (χ1v) is 15.7. The lowest BCUT2D eigenvalue weighted by Crippen LogP contribution is -2.54. The van der Waals surface area contributed by atoms with Crippen LogP contribution in [0.2, 0.25) is 0 Å². The summed E-state index contributed by atoms with van der Waals surface area (Å²) in [6.45, 7) is 15.3. The zero-order valence-corrected chi connectivity index (χ0v) is 24.2. The minimum Gasteiger partial charge on any atom is -0.0628 e. The van der Waals surface area contributed by atoms with Gasteiger partial charge in [-0.05, 0) is 138 Å². The van der Waals surface area contributed by atoms with Gasteiger partial charge >= 0.3 is 0 Å². The SMILES string of the molecule is Cc1cc2ccccc2c2c1CC1CCC3C(CCC4(C)C(C(C)CCCC(C)C)CCC34)C1(C)C2. The summed E-state index contributed by atoms with van der Waals surface area (Å²) >= 11 is 0. The fraction of sp³-hybridized carbons (Fsp3) is 0.722. The molecule has 4 aliphatic carbocycles. The van der Waals surface area contributed by atoms with E-state index in [1.165, 1.54) is 76.0 Å².